The summed E-state index contributed by atoms with van der Waals surface area (Å²) in [5, 5.41) is 2.76. The molecule has 184 valence electrons. The number of esters is 1. The van der Waals surface area contributed by atoms with Gasteiger partial charge in [0.1, 0.15) is 11.4 Å². The fraction of sp³-hybridized carbons (Fsp3) is 0.517. The number of carbonyl (C=O) groups excluding carboxylic acids is 2. The van der Waals surface area contributed by atoms with Crippen molar-refractivity contribution < 1.29 is 19.1 Å². The number of para-hydroxylation sites is 1. The highest BCUT2D eigenvalue weighted by Gasteiger charge is 2.19. The van der Waals surface area contributed by atoms with E-state index < -0.39 is 11.7 Å². The third-order valence-electron chi connectivity index (χ3n) is 6.19. The van der Waals surface area contributed by atoms with Crippen LogP contribution in [0.25, 0.3) is 0 Å². The molecule has 0 aromatic heterocycles. The molecule has 34 heavy (non-hydrogen) atoms. The van der Waals surface area contributed by atoms with E-state index in [4.69, 9.17) is 9.47 Å². The minimum absolute atomic E-state index is 0.194. The van der Waals surface area contributed by atoms with Crippen molar-refractivity contribution in [1.82, 2.24) is 5.32 Å². The van der Waals surface area contributed by atoms with Crippen molar-refractivity contribution in [3.8, 4) is 5.75 Å². The van der Waals surface area contributed by atoms with Gasteiger partial charge in [-0.15, -0.1) is 0 Å². The summed E-state index contributed by atoms with van der Waals surface area (Å²) in [6.45, 7) is 7.30. The molecule has 1 N–H and O–H groups in total. The third kappa shape index (κ3) is 8.51. The van der Waals surface area contributed by atoms with Gasteiger partial charge >= 0.3 is 12.1 Å². The van der Waals surface area contributed by atoms with Crippen molar-refractivity contribution in [2.24, 2.45) is 0 Å². The maximum atomic E-state index is 12.5. The van der Waals surface area contributed by atoms with Crippen LogP contribution in [0.2, 0.25) is 0 Å². The normalized spacial score (nSPS) is 15.4. The number of nitrogens with one attached hydrogen (secondary N) is 1. The number of amides is 1. The van der Waals surface area contributed by atoms with Gasteiger partial charge in [-0.2, -0.15) is 0 Å². The lowest BCUT2D eigenvalue weighted by Gasteiger charge is -2.22. The van der Waals surface area contributed by atoms with Gasteiger partial charge in [0.25, 0.3) is 0 Å². The topological polar surface area (TPSA) is 64.6 Å². The Morgan fingerprint density at radius 3 is 2.35 bits per heavy atom. The maximum absolute atomic E-state index is 12.5. The van der Waals surface area contributed by atoms with E-state index in [9.17, 15) is 9.59 Å². The molecule has 2 aromatic rings. The summed E-state index contributed by atoms with van der Waals surface area (Å²) in [6, 6.07) is 16.4. The molecule has 0 saturated heterocycles. The lowest BCUT2D eigenvalue weighted by atomic mass is 9.84. The molecule has 1 atom stereocenters. The Hall–Kier alpha value is -2.82. The lowest BCUT2D eigenvalue weighted by molar-refractivity contribution is -0.134. The molecular weight excluding hydrogens is 426 g/mol. The molecular formula is C29H39NO4. The predicted octanol–water partition coefficient (Wildman–Crippen LogP) is 6.92. The predicted molar refractivity (Wildman–Crippen MR) is 135 cm³/mol. The Labute approximate surface area is 204 Å². The van der Waals surface area contributed by atoms with Gasteiger partial charge in [-0.3, -0.25) is 4.79 Å². The van der Waals surface area contributed by atoms with Crippen LogP contribution >= 0.6 is 0 Å². The first-order chi connectivity index (χ1) is 16.2. The molecule has 0 bridgehead atoms. The zero-order valence-corrected chi connectivity index (χ0v) is 21.1. The van der Waals surface area contributed by atoms with Gasteiger partial charge in [-0.05, 0) is 75.6 Å². The minimum Gasteiger partial charge on any atom is -0.444 e. The molecule has 1 aliphatic carbocycles. The van der Waals surface area contributed by atoms with Crippen molar-refractivity contribution >= 4 is 12.1 Å². The summed E-state index contributed by atoms with van der Waals surface area (Å²) in [5.41, 5.74) is 3.08. The van der Waals surface area contributed by atoms with Gasteiger partial charge in [-0.1, -0.05) is 61.7 Å². The zero-order valence-electron chi connectivity index (χ0n) is 21.1. The maximum Gasteiger partial charge on any atom is 0.407 e. The second kappa shape index (κ2) is 12.0. The molecule has 1 aliphatic rings. The van der Waals surface area contributed by atoms with Crippen molar-refractivity contribution in [2.75, 3.05) is 0 Å². The second-order valence-electron chi connectivity index (χ2n) is 10.4. The van der Waals surface area contributed by atoms with Gasteiger partial charge in [0.15, 0.2) is 0 Å². The standard InChI is InChI=1S/C29H39NO4/c1-21(30-28(32)34-29(2,3)4)14-19-27(31)33-26-13-9-8-12-25(26)20-22-15-17-24(18-16-22)23-10-6-5-7-11-23/h8-9,12-13,15-18,21,23H,5-7,10-11,14,19-20H2,1-4H3,(H,30,32). The van der Waals surface area contributed by atoms with Crippen LogP contribution in [-0.4, -0.2) is 23.7 Å². The van der Waals surface area contributed by atoms with E-state index in [2.05, 4.69) is 29.6 Å². The van der Waals surface area contributed by atoms with E-state index in [1.807, 2.05) is 52.0 Å². The Morgan fingerprint density at radius 2 is 1.68 bits per heavy atom. The van der Waals surface area contributed by atoms with E-state index in [1.54, 1.807) is 0 Å². The molecule has 0 radical (unpaired) electrons. The first kappa shape index (κ1) is 25.8. The number of hydrogen-bond acceptors (Lipinski definition) is 4. The highest BCUT2D eigenvalue weighted by molar-refractivity contribution is 5.73. The average Bonchev–Trinajstić information content (AvgIpc) is 2.79. The molecule has 1 amide bonds. The fourth-order valence-electron chi connectivity index (χ4n) is 4.40. The van der Waals surface area contributed by atoms with Crippen LogP contribution in [-0.2, 0) is 16.0 Å². The summed E-state index contributed by atoms with van der Waals surface area (Å²) in [7, 11) is 0. The highest BCUT2D eigenvalue weighted by atomic mass is 16.6. The van der Waals surface area contributed by atoms with E-state index in [-0.39, 0.29) is 18.4 Å². The molecule has 5 heteroatoms. The highest BCUT2D eigenvalue weighted by Crippen LogP contribution is 2.33. The summed E-state index contributed by atoms with van der Waals surface area (Å²) in [6.07, 6.45) is 7.54. The van der Waals surface area contributed by atoms with Gasteiger partial charge in [-0.25, -0.2) is 4.79 Å². The molecule has 2 aromatic carbocycles. The monoisotopic (exact) mass is 465 g/mol. The van der Waals surface area contributed by atoms with Crippen LogP contribution in [0.1, 0.15) is 95.2 Å². The SMILES string of the molecule is CC(CCC(=O)Oc1ccccc1Cc1ccc(C2CCCCC2)cc1)NC(=O)OC(C)(C)C. The van der Waals surface area contributed by atoms with Gasteiger partial charge in [0, 0.05) is 18.9 Å². The zero-order chi connectivity index (χ0) is 24.6. The summed E-state index contributed by atoms with van der Waals surface area (Å²) in [4.78, 5) is 24.4. The van der Waals surface area contributed by atoms with Gasteiger partial charge < -0.3 is 14.8 Å². The average molecular weight is 466 g/mol. The second-order valence-corrected chi connectivity index (χ2v) is 10.4. The number of alkyl carbamates (subject to hydrolysis) is 1. The molecule has 0 heterocycles. The van der Waals surface area contributed by atoms with Crippen LogP contribution < -0.4 is 10.1 Å². The van der Waals surface area contributed by atoms with Crippen molar-refractivity contribution in [3.63, 3.8) is 0 Å². The van der Waals surface area contributed by atoms with Crippen LogP contribution in [0.5, 0.6) is 5.75 Å². The summed E-state index contributed by atoms with van der Waals surface area (Å²) in [5.74, 6) is 0.984. The number of rotatable bonds is 8. The quantitative estimate of drug-likeness (QED) is 0.339. The number of ether oxygens (including phenoxy) is 2. The van der Waals surface area contributed by atoms with Gasteiger partial charge in [0.05, 0.1) is 0 Å². The smallest absolute Gasteiger partial charge is 0.407 e. The summed E-state index contributed by atoms with van der Waals surface area (Å²) < 4.78 is 10.9. The molecule has 0 aliphatic heterocycles. The van der Waals surface area contributed by atoms with Crippen LogP contribution in [0, 0.1) is 0 Å². The van der Waals surface area contributed by atoms with Gasteiger partial charge in [0.2, 0.25) is 0 Å². The number of carbonyl (C=O) groups is 2. The molecule has 1 saturated carbocycles. The number of hydrogen-bond donors (Lipinski definition) is 1. The number of benzene rings is 2. The Morgan fingerprint density at radius 1 is 1.00 bits per heavy atom. The molecule has 5 nitrogen and oxygen atoms in total. The molecule has 3 rings (SSSR count). The molecule has 1 fully saturated rings. The van der Waals surface area contributed by atoms with E-state index in [0.717, 1.165) is 5.56 Å². The van der Waals surface area contributed by atoms with Crippen molar-refractivity contribution in [3.05, 3.63) is 65.2 Å². The van der Waals surface area contributed by atoms with E-state index in [1.165, 1.54) is 43.2 Å². The Kier molecular flexibility index (Phi) is 9.14. The fourth-order valence-corrected chi connectivity index (χ4v) is 4.40. The lowest BCUT2D eigenvalue weighted by Crippen LogP contribution is -2.38. The molecule has 0 spiro atoms. The van der Waals surface area contributed by atoms with E-state index >= 15 is 0 Å². The minimum atomic E-state index is -0.553. The van der Waals surface area contributed by atoms with Crippen molar-refractivity contribution in [2.45, 2.75) is 96.6 Å². The van der Waals surface area contributed by atoms with Crippen molar-refractivity contribution in [1.29, 1.82) is 0 Å². The Bertz CT molecular complexity index is 939. The first-order valence-corrected chi connectivity index (χ1v) is 12.6. The summed E-state index contributed by atoms with van der Waals surface area (Å²) >= 11 is 0. The third-order valence-corrected chi connectivity index (χ3v) is 6.19. The molecule has 1 unspecified atom stereocenters. The first-order valence-electron chi connectivity index (χ1n) is 12.6. The Balaban J connectivity index is 1.51. The van der Waals surface area contributed by atoms with E-state index in [0.29, 0.717) is 24.5 Å². The van der Waals surface area contributed by atoms with Crippen LogP contribution in [0.15, 0.2) is 48.5 Å². The van der Waals surface area contributed by atoms with Crippen LogP contribution in [0.3, 0.4) is 0 Å². The van der Waals surface area contributed by atoms with Crippen LogP contribution in [0.4, 0.5) is 4.79 Å². The largest absolute Gasteiger partial charge is 0.444 e.